The quantitative estimate of drug-likeness (QED) is 0.137. The fraction of sp³-hybridized carbons (Fsp3) is 0.458. The Balaban J connectivity index is 3.27. The molecule has 0 bridgehead atoms. The van der Waals surface area contributed by atoms with Gasteiger partial charge in [0.1, 0.15) is 23.9 Å². The summed E-state index contributed by atoms with van der Waals surface area (Å²) in [6.07, 6.45) is -4.89. The number of thioether (sulfide) groups is 2. The SMILES string of the molecule is COC(=O)C(CSC(=O)c1ccc(C(F)(F)F)cc1OC(=O)C(CSC(=O)C(CS)NC(C)=O)NC(C)=O)NC(C)=O. The Morgan fingerprint density at radius 3 is 1.81 bits per heavy atom. The summed E-state index contributed by atoms with van der Waals surface area (Å²) in [5.74, 6) is -5.73. The number of carbonyl (C=O) groups excluding carboxylic acids is 7. The second-order valence-corrected chi connectivity index (χ2v) is 10.7. The van der Waals surface area contributed by atoms with E-state index in [9.17, 15) is 46.7 Å². The average molecular weight is 656 g/mol. The largest absolute Gasteiger partial charge is 0.467 e. The minimum atomic E-state index is -4.89. The van der Waals surface area contributed by atoms with Crippen molar-refractivity contribution in [2.75, 3.05) is 24.4 Å². The van der Waals surface area contributed by atoms with Crippen LogP contribution in [0.3, 0.4) is 0 Å². The molecule has 0 aromatic heterocycles. The van der Waals surface area contributed by atoms with Crippen LogP contribution in [0.1, 0.15) is 36.7 Å². The summed E-state index contributed by atoms with van der Waals surface area (Å²) in [4.78, 5) is 84.6. The first-order valence-corrected chi connectivity index (χ1v) is 14.4. The molecule has 18 heteroatoms. The Bertz CT molecular complexity index is 1210. The van der Waals surface area contributed by atoms with Crippen molar-refractivity contribution in [1.29, 1.82) is 0 Å². The summed E-state index contributed by atoms with van der Waals surface area (Å²) in [5, 5.41) is 5.32. The average Bonchev–Trinajstić information content (AvgIpc) is 2.89. The fourth-order valence-electron chi connectivity index (χ4n) is 3.03. The molecule has 3 amide bonds. The third-order valence-electron chi connectivity index (χ3n) is 4.88. The molecule has 0 aliphatic carbocycles. The molecule has 0 saturated carbocycles. The minimum Gasteiger partial charge on any atom is -0.467 e. The van der Waals surface area contributed by atoms with Gasteiger partial charge in [0, 0.05) is 38.0 Å². The zero-order valence-electron chi connectivity index (χ0n) is 22.7. The molecule has 0 aliphatic heterocycles. The van der Waals surface area contributed by atoms with Crippen molar-refractivity contribution in [2.45, 2.75) is 45.1 Å². The van der Waals surface area contributed by atoms with E-state index in [4.69, 9.17) is 4.74 Å². The van der Waals surface area contributed by atoms with E-state index in [-0.39, 0.29) is 11.5 Å². The zero-order valence-corrected chi connectivity index (χ0v) is 25.2. The summed E-state index contributed by atoms with van der Waals surface area (Å²) in [6, 6.07) is -2.09. The standard InChI is InChI=1S/C24H28F3N3O9S3/c1-11(31)28-16(8-40)23(37)42-10-18(30-13(3)33)21(35)39-19-7-14(24(25,26)27)5-6-15(19)22(36)41-9-17(20(34)38-4)29-12(2)32/h5-7,16-18,40H,8-10H2,1-4H3,(H,28,31)(H,29,32)(H,30,33). The Morgan fingerprint density at radius 2 is 1.33 bits per heavy atom. The van der Waals surface area contributed by atoms with E-state index < -0.39 is 86.8 Å². The maximum atomic E-state index is 13.4. The maximum absolute atomic E-state index is 13.4. The van der Waals surface area contributed by atoms with E-state index in [2.05, 4.69) is 33.3 Å². The molecule has 232 valence electrons. The number of halogens is 3. The molecular weight excluding hydrogens is 627 g/mol. The molecular formula is C24H28F3N3O9S3. The number of methoxy groups -OCH3 is 1. The van der Waals surface area contributed by atoms with Crippen molar-refractivity contribution in [2.24, 2.45) is 0 Å². The number of amides is 3. The van der Waals surface area contributed by atoms with E-state index in [1.807, 2.05) is 0 Å². The highest BCUT2D eigenvalue weighted by Crippen LogP contribution is 2.34. The summed E-state index contributed by atoms with van der Waals surface area (Å²) in [5.41, 5.74) is -1.75. The molecule has 0 saturated heterocycles. The number of alkyl halides is 3. The van der Waals surface area contributed by atoms with Crippen LogP contribution < -0.4 is 20.7 Å². The number of hydrogen-bond donors (Lipinski definition) is 4. The van der Waals surface area contributed by atoms with Crippen molar-refractivity contribution in [1.82, 2.24) is 16.0 Å². The van der Waals surface area contributed by atoms with E-state index in [1.54, 1.807) is 0 Å². The molecule has 3 N–H and O–H groups in total. The molecule has 12 nitrogen and oxygen atoms in total. The highest BCUT2D eigenvalue weighted by atomic mass is 32.2. The molecule has 1 rings (SSSR count). The van der Waals surface area contributed by atoms with E-state index >= 15 is 0 Å². The summed E-state index contributed by atoms with van der Waals surface area (Å²) >= 11 is 4.95. The first-order valence-electron chi connectivity index (χ1n) is 11.8. The van der Waals surface area contributed by atoms with Crippen LogP contribution in [0.15, 0.2) is 18.2 Å². The highest BCUT2D eigenvalue weighted by Gasteiger charge is 2.34. The topological polar surface area (TPSA) is 174 Å². The summed E-state index contributed by atoms with van der Waals surface area (Å²) in [7, 11) is 1.05. The Hall–Kier alpha value is -3.25. The number of carbonyl (C=O) groups is 7. The van der Waals surface area contributed by atoms with Gasteiger partial charge in [-0.05, 0) is 18.2 Å². The smallest absolute Gasteiger partial charge is 0.416 e. The third-order valence-corrected chi connectivity index (χ3v) is 7.30. The first-order chi connectivity index (χ1) is 19.5. The number of thiol groups is 1. The van der Waals surface area contributed by atoms with Crippen LogP contribution in [-0.4, -0.2) is 82.4 Å². The Morgan fingerprint density at radius 1 is 0.833 bits per heavy atom. The number of benzene rings is 1. The lowest BCUT2D eigenvalue weighted by Crippen LogP contribution is -2.45. The van der Waals surface area contributed by atoms with Gasteiger partial charge in [-0.15, -0.1) is 0 Å². The second-order valence-electron chi connectivity index (χ2n) is 8.32. The van der Waals surface area contributed by atoms with Crippen LogP contribution in [0.25, 0.3) is 0 Å². The minimum absolute atomic E-state index is 0.0766. The van der Waals surface area contributed by atoms with Gasteiger partial charge < -0.3 is 25.4 Å². The van der Waals surface area contributed by atoms with Crippen LogP contribution in [0.4, 0.5) is 13.2 Å². The van der Waals surface area contributed by atoms with E-state index in [0.29, 0.717) is 35.7 Å². The first kappa shape index (κ1) is 36.8. The van der Waals surface area contributed by atoms with Gasteiger partial charge in [0.2, 0.25) is 28.0 Å². The van der Waals surface area contributed by atoms with Crippen LogP contribution in [0, 0.1) is 0 Å². The molecule has 3 atom stereocenters. The molecule has 0 heterocycles. The monoisotopic (exact) mass is 655 g/mol. The maximum Gasteiger partial charge on any atom is 0.416 e. The second kappa shape index (κ2) is 17.0. The Kier molecular flexibility index (Phi) is 14.9. The van der Waals surface area contributed by atoms with Gasteiger partial charge in [-0.2, -0.15) is 25.8 Å². The van der Waals surface area contributed by atoms with Crippen LogP contribution in [0.2, 0.25) is 0 Å². The van der Waals surface area contributed by atoms with Crippen molar-refractivity contribution in [3.05, 3.63) is 29.3 Å². The molecule has 0 aliphatic rings. The molecule has 0 spiro atoms. The number of rotatable bonds is 13. The summed E-state index contributed by atoms with van der Waals surface area (Å²) in [6.45, 7) is 3.34. The van der Waals surface area contributed by atoms with Crippen molar-refractivity contribution in [3.8, 4) is 5.75 Å². The molecule has 1 aromatic carbocycles. The zero-order chi connectivity index (χ0) is 32.2. The number of hydrogen-bond acceptors (Lipinski definition) is 12. The van der Waals surface area contributed by atoms with Gasteiger partial charge in [0.25, 0.3) is 0 Å². The predicted octanol–water partition coefficient (Wildman–Crippen LogP) is 1.36. The molecule has 1 aromatic rings. The molecule has 0 radical (unpaired) electrons. The van der Waals surface area contributed by atoms with Crippen LogP contribution in [-0.2, 0) is 39.7 Å². The third kappa shape index (κ3) is 12.3. The van der Waals surface area contributed by atoms with Crippen LogP contribution in [0.5, 0.6) is 5.75 Å². The van der Waals surface area contributed by atoms with E-state index in [1.165, 1.54) is 6.92 Å². The molecule has 42 heavy (non-hydrogen) atoms. The van der Waals surface area contributed by atoms with Gasteiger partial charge in [0.15, 0.2) is 0 Å². The van der Waals surface area contributed by atoms with Crippen molar-refractivity contribution < 1.29 is 56.2 Å². The van der Waals surface area contributed by atoms with Crippen LogP contribution >= 0.6 is 36.2 Å². The van der Waals surface area contributed by atoms with Gasteiger partial charge in [-0.1, -0.05) is 23.5 Å². The number of nitrogens with one attached hydrogen (secondary N) is 3. The number of esters is 2. The van der Waals surface area contributed by atoms with E-state index in [0.717, 1.165) is 27.0 Å². The van der Waals surface area contributed by atoms with Gasteiger partial charge in [-0.3, -0.25) is 24.0 Å². The van der Waals surface area contributed by atoms with Gasteiger partial charge >= 0.3 is 18.1 Å². The number of ether oxygens (including phenoxy) is 2. The van der Waals surface area contributed by atoms with Crippen molar-refractivity contribution >= 4 is 76.0 Å². The Labute approximate surface area is 252 Å². The lowest BCUT2D eigenvalue weighted by molar-refractivity contribution is -0.144. The predicted molar refractivity (Wildman–Crippen MR) is 150 cm³/mol. The molecule has 0 fully saturated rings. The molecule has 3 unspecified atom stereocenters. The lowest BCUT2D eigenvalue weighted by Gasteiger charge is -2.19. The fourth-order valence-corrected chi connectivity index (χ4v) is 5.16. The van der Waals surface area contributed by atoms with Gasteiger partial charge in [0.05, 0.1) is 18.2 Å². The normalized spacial score (nSPS) is 13.1. The highest BCUT2D eigenvalue weighted by molar-refractivity contribution is 8.14. The summed E-state index contributed by atoms with van der Waals surface area (Å²) < 4.78 is 50.0. The lowest BCUT2D eigenvalue weighted by atomic mass is 10.1. The van der Waals surface area contributed by atoms with Crippen molar-refractivity contribution in [3.63, 3.8) is 0 Å². The van der Waals surface area contributed by atoms with Gasteiger partial charge in [-0.25, -0.2) is 9.59 Å².